The third-order valence-electron chi connectivity index (χ3n) is 5.62. The van der Waals surface area contributed by atoms with Crippen LogP contribution in [0.1, 0.15) is 32.2 Å². The maximum Gasteiger partial charge on any atom is 0.192 e. The molecule has 3 aromatic rings. The van der Waals surface area contributed by atoms with Crippen LogP contribution >= 0.6 is 23.4 Å². The highest BCUT2D eigenvalue weighted by atomic mass is 35.5. The molecule has 0 saturated heterocycles. The maximum absolute atomic E-state index is 6.44. The zero-order valence-corrected chi connectivity index (χ0v) is 21.5. The molecule has 0 aliphatic heterocycles. The molecule has 2 aromatic carbocycles. The third kappa shape index (κ3) is 6.70. The van der Waals surface area contributed by atoms with Gasteiger partial charge in [0.1, 0.15) is 17.6 Å². The summed E-state index contributed by atoms with van der Waals surface area (Å²) in [6.07, 6.45) is 1.89. The summed E-state index contributed by atoms with van der Waals surface area (Å²) in [5.74, 6) is 0.877. The summed E-state index contributed by atoms with van der Waals surface area (Å²) in [6, 6.07) is 18.0. The second kappa shape index (κ2) is 10.4. The third-order valence-corrected chi connectivity index (χ3v) is 11.4. The molecule has 0 aliphatic rings. The van der Waals surface area contributed by atoms with E-state index in [0.717, 1.165) is 26.3 Å². The van der Waals surface area contributed by atoms with Gasteiger partial charge in [-0.3, -0.25) is 4.57 Å². The molecule has 7 heteroatoms. The SMILES string of the molecule is CC(C)(C)[Si](C)(C)OCc1ncc(Sc2cccc(Cl)c2)n1COCc1ccccc1. The zero-order valence-electron chi connectivity index (χ0n) is 18.9. The number of hydrogen-bond donors (Lipinski definition) is 0. The van der Waals surface area contributed by atoms with Crippen LogP contribution in [-0.2, 0) is 29.1 Å². The van der Waals surface area contributed by atoms with Gasteiger partial charge in [-0.2, -0.15) is 0 Å². The summed E-state index contributed by atoms with van der Waals surface area (Å²) in [5.41, 5.74) is 1.14. The molecule has 0 bridgehead atoms. The molecular weight excluding hydrogens is 444 g/mol. The molecule has 1 aromatic heterocycles. The Morgan fingerprint density at radius 1 is 1.03 bits per heavy atom. The average Bonchev–Trinajstić information content (AvgIpc) is 3.08. The molecule has 0 spiro atoms. The van der Waals surface area contributed by atoms with Crippen molar-refractivity contribution in [3.05, 3.63) is 77.2 Å². The molecular formula is C24H31ClN2O2SSi. The van der Waals surface area contributed by atoms with E-state index in [4.69, 9.17) is 20.8 Å². The lowest BCUT2D eigenvalue weighted by atomic mass is 10.2. The minimum atomic E-state index is -1.89. The van der Waals surface area contributed by atoms with Crippen LogP contribution in [0.4, 0.5) is 0 Å². The standard InChI is InChI=1S/C24H31ClN2O2SSi/c1-24(2,3)31(4,5)29-17-22-26-15-23(30-21-13-9-12-20(25)14-21)27(22)18-28-16-19-10-7-6-8-11-19/h6-15H,16-18H2,1-5H3. The van der Waals surface area contributed by atoms with Crippen LogP contribution in [0.15, 0.2) is 70.7 Å². The predicted molar refractivity (Wildman–Crippen MR) is 131 cm³/mol. The van der Waals surface area contributed by atoms with Crippen molar-refractivity contribution in [2.24, 2.45) is 0 Å². The minimum Gasteiger partial charge on any atom is -0.409 e. The van der Waals surface area contributed by atoms with Crippen LogP contribution in [0.3, 0.4) is 0 Å². The first-order chi connectivity index (χ1) is 14.7. The fourth-order valence-electron chi connectivity index (χ4n) is 2.67. The van der Waals surface area contributed by atoms with Crippen LogP contribution in [0.2, 0.25) is 23.2 Å². The Morgan fingerprint density at radius 2 is 1.77 bits per heavy atom. The Labute approximate surface area is 196 Å². The number of hydrogen-bond acceptors (Lipinski definition) is 4. The van der Waals surface area contributed by atoms with Crippen molar-refractivity contribution in [2.75, 3.05) is 0 Å². The van der Waals surface area contributed by atoms with E-state index in [2.05, 4.69) is 55.5 Å². The van der Waals surface area contributed by atoms with Gasteiger partial charge in [-0.25, -0.2) is 4.98 Å². The van der Waals surface area contributed by atoms with Gasteiger partial charge < -0.3 is 9.16 Å². The van der Waals surface area contributed by atoms with E-state index in [1.165, 1.54) is 0 Å². The number of halogens is 1. The van der Waals surface area contributed by atoms with E-state index in [1.54, 1.807) is 11.8 Å². The number of nitrogens with zero attached hydrogens (tertiary/aromatic N) is 2. The fraction of sp³-hybridized carbons (Fsp3) is 0.375. The Balaban J connectivity index is 1.77. The van der Waals surface area contributed by atoms with Gasteiger partial charge in [0.25, 0.3) is 0 Å². The highest BCUT2D eigenvalue weighted by molar-refractivity contribution is 7.99. The van der Waals surface area contributed by atoms with Gasteiger partial charge in [0.2, 0.25) is 0 Å². The van der Waals surface area contributed by atoms with Gasteiger partial charge in [-0.15, -0.1) is 0 Å². The fourth-order valence-corrected chi connectivity index (χ4v) is 4.80. The van der Waals surface area contributed by atoms with E-state index in [-0.39, 0.29) is 5.04 Å². The van der Waals surface area contributed by atoms with Gasteiger partial charge in [0.05, 0.1) is 19.4 Å². The monoisotopic (exact) mass is 474 g/mol. The first-order valence-corrected chi connectivity index (χ1v) is 14.5. The first kappa shape index (κ1) is 24.1. The van der Waals surface area contributed by atoms with Gasteiger partial charge in [0.15, 0.2) is 8.32 Å². The lowest BCUT2D eigenvalue weighted by molar-refractivity contribution is 0.0547. The molecule has 3 rings (SSSR count). The molecule has 0 saturated carbocycles. The van der Waals surface area contributed by atoms with E-state index in [1.807, 2.05) is 48.7 Å². The molecule has 166 valence electrons. The highest BCUT2D eigenvalue weighted by Gasteiger charge is 2.37. The Hall–Kier alpha value is -1.57. The smallest absolute Gasteiger partial charge is 0.192 e. The quantitative estimate of drug-likeness (QED) is 0.303. The van der Waals surface area contributed by atoms with E-state index >= 15 is 0 Å². The molecule has 0 fully saturated rings. The summed E-state index contributed by atoms with van der Waals surface area (Å²) in [7, 11) is -1.89. The van der Waals surface area contributed by atoms with Gasteiger partial charge in [-0.05, 0) is 41.9 Å². The average molecular weight is 475 g/mol. The van der Waals surface area contributed by atoms with Crippen molar-refractivity contribution >= 4 is 31.7 Å². The van der Waals surface area contributed by atoms with Crippen molar-refractivity contribution in [3.8, 4) is 0 Å². The minimum absolute atomic E-state index is 0.145. The number of imidazole rings is 1. The Kier molecular flexibility index (Phi) is 8.05. The van der Waals surface area contributed by atoms with Crippen LogP contribution in [0.5, 0.6) is 0 Å². The summed E-state index contributed by atoms with van der Waals surface area (Å²) in [6.45, 7) is 12.7. The summed E-state index contributed by atoms with van der Waals surface area (Å²) in [5, 5.41) is 1.87. The second-order valence-electron chi connectivity index (χ2n) is 9.01. The largest absolute Gasteiger partial charge is 0.409 e. The van der Waals surface area contributed by atoms with Gasteiger partial charge in [-0.1, -0.05) is 80.5 Å². The van der Waals surface area contributed by atoms with Crippen LogP contribution in [0, 0.1) is 0 Å². The lowest BCUT2D eigenvalue weighted by Crippen LogP contribution is -2.40. The molecule has 0 amide bonds. The number of aromatic nitrogens is 2. The van der Waals surface area contributed by atoms with Gasteiger partial charge >= 0.3 is 0 Å². The topological polar surface area (TPSA) is 36.3 Å². The van der Waals surface area contributed by atoms with Crippen LogP contribution < -0.4 is 0 Å². The Morgan fingerprint density at radius 3 is 2.45 bits per heavy atom. The number of ether oxygens (including phenoxy) is 1. The molecule has 0 unspecified atom stereocenters. The molecule has 0 aliphatic carbocycles. The highest BCUT2D eigenvalue weighted by Crippen LogP contribution is 2.37. The van der Waals surface area contributed by atoms with Crippen LogP contribution in [0.25, 0.3) is 0 Å². The van der Waals surface area contributed by atoms with E-state index < -0.39 is 8.32 Å². The molecule has 0 N–H and O–H groups in total. The second-order valence-corrected chi connectivity index (χ2v) is 15.4. The van der Waals surface area contributed by atoms with Crippen molar-refractivity contribution in [1.29, 1.82) is 0 Å². The van der Waals surface area contributed by atoms with Crippen molar-refractivity contribution in [2.45, 2.75) is 68.8 Å². The first-order valence-electron chi connectivity index (χ1n) is 10.4. The van der Waals surface area contributed by atoms with Crippen molar-refractivity contribution < 1.29 is 9.16 Å². The zero-order chi connectivity index (χ0) is 22.5. The predicted octanol–water partition coefficient (Wildman–Crippen LogP) is 7.38. The lowest BCUT2D eigenvalue weighted by Gasteiger charge is -2.36. The summed E-state index contributed by atoms with van der Waals surface area (Å²) >= 11 is 7.80. The summed E-state index contributed by atoms with van der Waals surface area (Å²) in [4.78, 5) is 5.74. The summed E-state index contributed by atoms with van der Waals surface area (Å²) < 4.78 is 14.6. The Bertz CT molecular complexity index is 987. The molecule has 0 atom stereocenters. The molecule has 4 nitrogen and oxygen atoms in total. The normalized spacial score (nSPS) is 12.3. The van der Waals surface area contributed by atoms with Crippen LogP contribution in [-0.4, -0.2) is 17.9 Å². The number of rotatable bonds is 9. The molecule has 0 radical (unpaired) electrons. The maximum atomic E-state index is 6.44. The molecule has 1 heterocycles. The number of benzene rings is 2. The van der Waals surface area contributed by atoms with E-state index in [0.29, 0.717) is 19.9 Å². The van der Waals surface area contributed by atoms with Crippen molar-refractivity contribution in [3.63, 3.8) is 0 Å². The van der Waals surface area contributed by atoms with E-state index in [9.17, 15) is 0 Å². The molecule has 31 heavy (non-hydrogen) atoms. The van der Waals surface area contributed by atoms with Crippen molar-refractivity contribution in [1.82, 2.24) is 9.55 Å². The van der Waals surface area contributed by atoms with Gasteiger partial charge in [0, 0.05) is 9.92 Å².